The third-order valence-corrected chi connectivity index (χ3v) is 4.78. The first-order valence-corrected chi connectivity index (χ1v) is 10.2. The lowest BCUT2D eigenvalue weighted by molar-refractivity contribution is -0.144. The Balaban J connectivity index is 1.69. The van der Waals surface area contributed by atoms with E-state index in [1.807, 2.05) is 0 Å². The van der Waals surface area contributed by atoms with E-state index >= 15 is 0 Å². The molecule has 0 atom stereocenters. The number of benzene rings is 2. The molecule has 33 heavy (non-hydrogen) atoms. The predicted octanol–water partition coefficient (Wildman–Crippen LogP) is 2.67. The number of aromatic nitrogens is 2. The minimum absolute atomic E-state index is 0.00366. The topological polar surface area (TPSA) is 81.5 Å². The van der Waals surface area contributed by atoms with Gasteiger partial charge in [-0.15, -0.1) is 0 Å². The lowest BCUT2D eigenvalue weighted by atomic mass is 10.0. The Hall–Kier alpha value is -3.88. The second kappa shape index (κ2) is 10.6. The van der Waals surface area contributed by atoms with E-state index < -0.39 is 17.6 Å². The van der Waals surface area contributed by atoms with Crippen molar-refractivity contribution in [2.45, 2.75) is 19.3 Å². The van der Waals surface area contributed by atoms with E-state index in [2.05, 4.69) is 5.10 Å². The quantitative estimate of drug-likeness (QED) is 0.488. The number of hydrogen-bond acceptors (Lipinski definition) is 5. The van der Waals surface area contributed by atoms with Gasteiger partial charge in [-0.3, -0.25) is 14.4 Å². The van der Waals surface area contributed by atoms with Crippen LogP contribution in [0.15, 0.2) is 59.5 Å². The van der Waals surface area contributed by atoms with E-state index in [4.69, 9.17) is 4.74 Å². The number of nitrogens with zero attached hydrogens (tertiary/aromatic N) is 3. The Kier molecular flexibility index (Phi) is 7.66. The fourth-order valence-corrected chi connectivity index (χ4v) is 3.12. The van der Waals surface area contributed by atoms with Crippen molar-refractivity contribution in [3.8, 4) is 5.69 Å². The predicted molar refractivity (Wildman–Crippen MR) is 117 cm³/mol. The van der Waals surface area contributed by atoms with E-state index in [-0.39, 0.29) is 48.6 Å². The summed E-state index contributed by atoms with van der Waals surface area (Å²) in [5.41, 5.74) is 1.43. The molecule has 0 aliphatic carbocycles. The van der Waals surface area contributed by atoms with E-state index in [9.17, 15) is 23.2 Å². The number of carbonyl (C=O) groups is 2. The van der Waals surface area contributed by atoms with Crippen LogP contribution in [-0.4, -0.2) is 47.3 Å². The number of carbonyl (C=O) groups excluding carboxylic acids is 2. The molecule has 9 heteroatoms. The molecule has 0 radical (unpaired) electrons. The van der Waals surface area contributed by atoms with Crippen molar-refractivity contribution >= 4 is 11.9 Å². The summed E-state index contributed by atoms with van der Waals surface area (Å²) in [5, 5.41) is 4.23. The molecule has 3 aromatic rings. The van der Waals surface area contributed by atoms with Crippen molar-refractivity contribution in [3.63, 3.8) is 0 Å². The minimum atomic E-state index is -0.752. The number of rotatable bonds is 8. The molecule has 0 N–H and O–H groups in total. The number of hydrogen-bond donors (Lipinski definition) is 0. The van der Waals surface area contributed by atoms with Crippen LogP contribution >= 0.6 is 0 Å². The fraction of sp³-hybridized carbons (Fsp3) is 0.250. The molecule has 3 rings (SSSR count). The number of halogens is 2. The fourth-order valence-electron chi connectivity index (χ4n) is 3.12. The van der Waals surface area contributed by atoms with Crippen LogP contribution in [0.4, 0.5) is 8.78 Å². The zero-order valence-corrected chi connectivity index (χ0v) is 18.3. The molecule has 172 valence electrons. The standard InChI is InChI=1S/C24H23F2N3O4/c1-28(2)23(31)7-9-33-24(32)12-17-5-3-4-16(10-17)11-21-22(30)6-8-29(27-21)20-14-18(25)13-19(26)15-20/h3-6,8,10,13-15H,7,9,11-12H2,1-2H3. The van der Waals surface area contributed by atoms with E-state index in [1.54, 1.807) is 38.4 Å². The molecule has 2 aromatic carbocycles. The lowest BCUT2D eigenvalue weighted by Gasteiger charge is -2.10. The third kappa shape index (κ3) is 6.80. The average Bonchev–Trinajstić information content (AvgIpc) is 2.74. The van der Waals surface area contributed by atoms with Crippen LogP contribution in [0.2, 0.25) is 0 Å². The summed E-state index contributed by atoms with van der Waals surface area (Å²) in [7, 11) is 3.25. The number of amides is 1. The van der Waals surface area contributed by atoms with Crippen LogP contribution < -0.4 is 5.43 Å². The maximum Gasteiger partial charge on any atom is 0.310 e. The molecule has 0 saturated heterocycles. The van der Waals surface area contributed by atoms with Gasteiger partial charge in [0.05, 0.1) is 18.5 Å². The van der Waals surface area contributed by atoms with Crippen molar-refractivity contribution in [2.75, 3.05) is 20.7 Å². The Labute approximate surface area is 189 Å². The van der Waals surface area contributed by atoms with Crippen molar-refractivity contribution in [1.29, 1.82) is 0 Å². The third-order valence-electron chi connectivity index (χ3n) is 4.78. The van der Waals surface area contributed by atoms with Gasteiger partial charge in [0.25, 0.3) is 0 Å². The second-order valence-corrected chi connectivity index (χ2v) is 7.63. The van der Waals surface area contributed by atoms with Gasteiger partial charge in [0.2, 0.25) is 11.3 Å². The Bertz CT molecular complexity index is 1200. The Morgan fingerprint density at radius 3 is 2.42 bits per heavy atom. The highest BCUT2D eigenvalue weighted by Crippen LogP contribution is 2.13. The van der Waals surface area contributed by atoms with Gasteiger partial charge in [-0.2, -0.15) is 5.10 Å². The summed E-state index contributed by atoms with van der Waals surface area (Å²) < 4.78 is 33.4. The van der Waals surface area contributed by atoms with Gasteiger partial charge in [-0.1, -0.05) is 24.3 Å². The molecule has 0 spiro atoms. The van der Waals surface area contributed by atoms with Gasteiger partial charge >= 0.3 is 5.97 Å². The van der Waals surface area contributed by atoms with Crippen LogP contribution in [0.1, 0.15) is 23.2 Å². The van der Waals surface area contributed by atoms with Crippen LogP contribution in [0.25, 0.3) is 5.69 Å². The maximum absolute atomic E-state index is 13.5. The molecular formula is C24H23F2N3O4. The van der Waals surface area contributed by atoms with Gasteiger partial charge in [0.15, 0.2) is 0 Å². The van der Waals surface area contributed by atoms with E-state index in [0.29, 0.717) is 5.56 Å². The molecule has 1 heterocycles. The normalized spacial score (nSPS) is 10.7. The van der Waals surface area contributed by atoms with Crippen molar-refractivity contribution < 1.29 is 23.1 Å². The maximum atomic E-state index is 13.5. The van der Waals surface area contributed by atoms with Crippen LogP contribution in [0.5, 0.6) is 0 Å². The van der Waals surface area contributed by atoms with Gasteiger partial charge in [-0.05, 0) is 23.3 Å². The first-order valence-electron chi connectivity index (χ1n) is 10.2. The monoisotopic (exact) mass is 455 g/mol. The van der Waals surface area contributed by atoms with Crippen molar-refractivity contribution in [3.05, 3.63) is 93.4 Å². The Morgan fingerprint density at radius 1 is 1.03 bits per heavy atom. The first-order chi connectivity index (χ1) is 15.7. The van der Waals surface area contributed by atoms with Gasteiger partial charge in [0.1, 0.15) is 23.9 Å². The number of esters is 1. The zero-order chi connectivity index (χ0) is 24.0. The van der Waals surface area contributed by atoms with Crippen LogP contribution in [-0.2, 0) is 27.2 Å². The molecule has 0 bridgehead atoms. The lowest BCUT2D eigenvalue weighted by Crippen LogP contribution is -2.23. The second-order valence-electron chi connectivity index (χ2n) is 7.63. The summed E-state index contributed by atoms with van der Waals surface area (Å²) in [6, 6.07) is 11.3. The largest absolute Gasteiger partial charge is 0.465 e. The summed E-state index contributed by atoms with van der Waals surface area (Å²) in [5.74, 6) is -2.10. The van der Waals surface area contributed by atoms with Gasteiger partial charge < -0.3 is 9.64 Å². The SMILES string of the molecule is CN(C)C(=O)CCOC(=O)Cc1cccc(Cc2nn(-c3cc(F)cc(F)c3)ccc2=O)c1. The minimum Gasteiger partial charge on any atom is -0.465 e. The molecule has 1 aromatic heterocycles. The van der Waals surface area contributed by atoms with Crippen molar-refractivity contribution in [2.24, 2.45) is 0 Å². The molecular weight excluding hydrogens is 432 g/mol. The summed E-state index contributed by atoms with van der Waals surface area (Å²) in [4.78, 5) is 37.3. The highest BCUT2D eigenvalue weighted by atomic mass is 19.1. The van der Waals surface area contributed by atoms with E-state index in [0.717, 1.165) is 23.8 Å². The molecule has 1 amide bonds. The number of ether oxygens (including phenoxy) is 1. The molecule has 0 unspecified atom stereocenters. The zero-order valence-electron chi connectivity index (χ0n) is 18.3. The molecule has 0 aliphatic heterocycles. The van der Waals surface area contributed by atoms with Crippen LogP contribution in [0, 0.1) is 11.6 Å². The van der Waals surface area contributed by atoms with E-state index in [1.165, 1.54) is 21.8 Å². The first kappa shape index (κ1) is 23.8. The average molecular weight is 455 g/mol. The summed E-state index contributed by atoms with van der Waals surface area (Å²) in [6.45, 7) is 0.00366. The van der Waals surface area contributed by atoms with Crippen LogP contribution in [0.3, 0.4) is 0 Å². The highest BCUT2D eigenvalue weighted by Gasteiger charge is 2.11. The Morgan fingerprint density at radius 2 is 1.73 bits per heavy atom. The highest BCUT2D eigenvalue weighted by molar-refractivity contribution is 5.76. The molecule has 7 nitrogen and oxygen atoms in total. The molecule has 0 fully saturated rings. The summed E-state index contributed by atoms with van der Waals surface area (Å²) >= 11 is 0. The van der Waals surface area contributed by atoms with Gasteiger partial charge in [-0.25, -0.2) is 13.5 Å². The van der Waals surface area contributed by atoms with Gasteiger partial charge in [0, 0.05) is 38.8 Å². The van der Waals surface area contributed by atoms with Crippen molar-refractivity contribution in [1.82, 2.24) is 14.7 Å². The molecule has 0 aliphatic rings. The smallest absolute Gasteiger partial charge is 0.310 e. The molecule has 0 saturated carbocycles. The summed E-state index contributed by atoms with van der Waals surface area (Å²) in [6.07, 6.45) is 1.63.